The van der Waals surface area contributed by atoms with Crippen LogP contribution in [-0.4, -0.2) is 39.0 Å². The topological polar surface area (TPSA) is 67.9 Å². The Morgan fingerprint density at radius 3 is 2.05 bits per heavy atom. The molecule has 0 spiro atoms. The van der Waals surface area contributed by atoms with Crippen LogP contribution in [-0.2, 0) is 0 Å². The molecule has 3 aliphatic rings. The van der Waals surface area contributed by atoms with Crippen molar-refractivity contribution in [2.24, 2.45) is 0 Å². The number of anilines is 1. The van der Waals surface area contributed by atoms with Crippen LogP contribution in [0.2, 0.25) is 0 Å². The highest BCUT2D eigenvalue weighted by atomic mass is 15.2. The van der Waals surface area contributed by atoms with Crippen LogP contribution < -0.4 is 5.73 Å². The lowest BCUT2D eigenvalue weighted by Crippen LogP contribution is -2.39. The highest BCUT2D eigenvalue weighted by Gasteiger charge is 2.40. The van der Waals surface area contributed by atoms with E-state index in [0.717, 1.165) is 11.6 Å². The number of rotatable bonds is 2. The minimum absolute atomic E-state index is 0.424. The Bertz CT molecular complexity index is 511. The number of nitrogen functional groups attached to an aromatic ring is 1. The third kappa shape index (κ3) is 2.41. The summed E-state index contributed by atoms with van der Waals surface area (Å²) in [4.78, 5) is 16.3. The summed E-state index contributed by atoms with van der Waals surface area (Å²) in [6.07, 6.45) is 10.0. The first-order valence-corrected chi connectivity index (χ1v) is 8.44. The Kier molecular flexibility index (Phi) is 3.32. The predicted molar refractivity (Wildman–Crippen MR) is 82.0 cm³/mol. The molecule has 3 fully saturated rings. The maximum atomic E-state index is 5.97. The monoisotopic (exact) mass is 287 g/mol. The summed E-state index contributed by atoms with van der Waals surface area (Å²) in [5, 5.41) is 0. The number of hydrogen-bond donors (Lipinski definition) is 1. The molecule has 5 nitrogen and oxygen atoms in total. The third-order valence-corrected chi connectivity index (χ3v) is 5.87. The average molecular weight is 287 g/mol. The second-order valence-electron chi connectivity index (χ2n) is 7.11. The second kappa shape index (κ2) is 5.20. The molecule has 21 heavy (non-hydrogen) atoms. The van der Waals surface area contributed by atoms with E-state index in [0.29, 0.717) is 29.9 Å². The maximum Gasteiger partial charge on any atom is 0.223 e. The minimum Gasteiger partial charge on any atom is -0.368 e. The van der Waals surface area contributed by atoms with Gasteiger partial charge >= 0.3 is 0 Å². The van der Waals surface area contributed by atoms with Crippen LogP contribution in [0.25, 0.3) is 0 Å². The molecule has 2 aliphatic heterocycles. The fourth-order valence-electron chi connectivity index (χ4n) is 4.60. The first kappa shape index (κ1) is 13.4. The van der Waals surface area contributed by atoms with Gasteiger partial charge in [-0.3, -0.25) is 0 Å². The van der Waals surface area contributed by atoms with Gasteiger partial charge in [0.1, 0.15) is 11.6 Å². The molecule has 3 heterocycles. The van der Waals surface area contributed by atoms with Crippen LogP contribution in [0.15, 0.2) is 0 Å². The number of piperidine rings is 1. The first-order valence-electron chi connectivity index (χ1n) is 8.44. The summed E-state index contributed by atoms with van der Waals surface area (Å²) >= 11 is 0. The standard InChI is InChI=1S/C16H25N5/c1-21-12-6-7-13(21)9-11(8-12)15-18-14(19-16(17)20-15)10-4-2-3-5-10/h10-13H,2-9H2,1H3,(H2,17,18,19,20). The zero-order valence-electron chi connectivity index (χ0n) is 12.8. The number of nitrogens with two attached hydrogens (primary N) is 1. The molecule has 0 amide bonds. The average Bonchev–Trinajstić information content (AvgIpc) is 3.05. The van der Waals surface area contributed by atoms with E-state index in [1.807, 2.05) is 0 Å². The van der Waals surface area contributed by atoms with Gasteiger partial charge < -0.3 is 10.6 Å². The minimum atomic E-state index is 0.424. The van der Waals surface area contributed by atoms with E-state index < -0.39 is 0 Å². The normalized spacial score (nSPS) is 33.7. The Labute approximate surface area is 126 Å². The fourth-order valence-corrected chi connectivity index (χ4v) is 4.60. The van der Waals surface area contributed by atoms with Gasteiger partial charge in [0.15, 0.2) is 0 Å². The molecule has 1 aliphatic carbocycles. The van der Waals surface area contributed by atoms with Gasteiger partial charge in [0.25, 0.3) is 0 Å². The van der Waals surface area contributed by atoms with Crippen molar-refractivity contribution in [3.8, 4) is 0 Å². The molecule has 2 bridgehead atoms. The molecule has 5 heteroatoms. The Morgan fingerprint density at radius 1 is 0.857 bits per heavy atom. The lowest BCUT2D eigenvalue weighted by Gasteiger charge is -2.35. The van der Waals surface area contributed by atoms with Crippen LogP contribution in [0.5, 0.6) is 0 Å². The van der Waals surface area contributed by atoms with Crippen molar-refractivity contribution >= 4 is 5.95 Å². The molecule has 0 aromatic carbocycles. The molecule has 1 aromatic heterocycles. The molecule has 1 saturated carbocycles. The molecule has 2 saturated heterocycles. The van der Waals surface area contributed by atoms with Gasteiger partial charge in [-0.1, -0.05) is 12.8 Å². The Hall–Kier alpha value is -1.23. The van der Waals surface area contributed by atoms with E-state index in [4.69, 9.17) is 10.7 Å². The number of aromatic nitrogens is 3. The van der Waals surface area contributed by atoms with Crippen LogP contribution >= 0.6 is 0 Å². The largest absolute Gasteiger partial charge is 0.368 e. The van der Waals surface area contributed by atoms with Crippen LogP contribution in [0.1, 0.15) is 74.9 Å². The van der Waals surface area contributed by atoms with E-state index in [1.165, 1.54) is 51.4 Å². The summed E-state index contributed by atoms with van der Waals surface area (Å²) in [7, 11) is 2.27. The summed E-state index contributed by atoms with van der Waals surface area (Å²) < 4.78 is 0. The van der Waals surface area contributed by atoms with Crippen LogP contribution in [0, 0.1) is 0 Å². The Morgan fingerprint density at radius 2 is 1.43 bits per heavy atom. The van der Waals surface area contributed by atoms with Gasteiger partial charge in [0.2, 0.25) is 5.95 Å². The molecular formula is C16H25N5. The smallest absolute Gasteiger partial charge is 0.223 e. The Balaban J connectivity index is 1.60. The molecule has 4 rings (SSSR count). The van der Waals surface area contributed by atoms with Gasteiger partial charge in [0.05, 0.1) is 0 Å². The highest BCUT2D eigenvalue weighted by Crippen LogP contribution is 2.41. The number of nitrogens with zero attached hydrogens (tertiary/aromatic N) is 4. The third-order valence-electron chi connectivity index (χ3n) is 5.87. The quantitative estimate of drug-likeness (QED) is 0.905. The van der Waals surface area contributed by atoms with Crippen LogP contribution in [0.4, 0.5) is 5.95 Å². The van der Waals surface area contributed by atoms with Crippen molar-refractivity contribution in [3.05, 3.63) is 11.6 Å². The summed E-state index contributed by atoms with van der Waals surface area (Å²) in [5.74, 6) is 3.34. The van der Waals surface area contributed by atoms with Crippen molar-refractivity contribution < 1.29 is 0 Å². The molecule has 1 aromatic rings. The second-order valence-corrected chi connectivity index (χ2v) is 7.11. The SMILES string of the molecule is CN1C2CCC1CC(c1nc(N)nc(C3CCCC3)n1)C2. The molecule has 2 N–H and O–H groups in total. The number of fused-ring (bicyclic) bond motifs is 2. The van der Waals surface area contributed by atoms with E-state index in [1.54, 1.807) is 0 Å². The lowest BCUT2D eigenvalue weighted by molar-refractivity contribution is 0.158. The molecule has 2 unspecified atom stereocenters. The summed E-state index contributed by atoms with van der Waals surface area (Å²) in [6, 6.07) is 1.42. The van der Waals surface area contributed by atoms with Crippen LogP contribution in [0.3, 0.4) is 0 Å². The zero-order valence-corrected chi connectivity index (χ0v) is 12.8. The van der Waals surface area contributed by atoms with E-state index in [9.17, 15) is 0 Å². The first-order chi connectivity index (χ1) is 10.2. The van der Waals surface area contributed by atoms with Gasteiger partial charge in [-0.2, -0.15) is 9.97 Å². The highest BCUT2D eigenvalue weighted by molar-refractivity contribution is 5.20. The fraction of sp³-hybridized carbons (Fsp3) is 0.812. The maximum absolute atomic E-state index is 5.97. The van der Waals surface area contributed by atoms with Crippen molar-refractivity contribution in [3.63, 3.8) is 0 Å². The zero-order chi connectivity index (χ0) is 14.4. The summed E-state index contributed by atoms with van der Waals surface area (Å²) in [6.45, 7) is 0. The van der Waals surface area contributed by atoms with Gasteiger partial charge in [0, 0.05) is 23.9 Å². The lowest BCUT2D eigenvalue weighted by atomic mass is 9.90. The van der Waals surface area contributed by atoms with Gasteiger partial charge in [-0.05, 0) is 45.6 Å². The molecule has 0 radical (unpaired) electrons. The molecule has 2 atom stereocenters. The van der Waals surface area contributed by atoms with Gasteiger partial charge in [-0.15, -0.1) is 0 Å². The van der Waals surface area contributed by atoms with Crippen molar-refractivity contribution in [1.82, 2.24) is 19.9 Å². The van der Waals surface area contributed by atoms with E-state index >= 15 is 0 Å². The van der Waals surface area contributed by atoms with E-state index in [2.05, 4.69) is 21.9 Å². The van der Waals surface area contributed by atoms with Crippen molar-refractivity contribution in [2.75, 3.05) is 12.8 Å². The van der Waals surface area contributed by atoms with Crippen molar-refractivity contribution in [2.45, 2.75) is 75.3 Å². The predicted octanol–water partition coefficient (Wildman–Crippen LogP) is 2.45. The molecule has 114 valence electrons. The van der Waals surface area contributed by atoms with Crippen molar-refractivity contribution in [1.29, 1.82) is 0 Å². The molecular weight excluding hydrogens is 262 g/mol. The van der Waals surface area contributed by atoms with E-state index in [-0.39, 0.29) is 0 Å². The summed E-state index contributed by atoms with van der Waals surface area (Å²) in [5.41, 5.74) is 5.97. The van der Waals surface area contributed by atoms with Gasteiger partial charge in [-0.25, -0.2) is 4.98 Å². The number of hydrogen-bond acceptors (Lipinski definition) is 5.